The average Bonchev–Trinajstić information content (AvgIpc) is 2.70. The molecule has 0 saturated carbocycles. The first-order valence-corrected chi connectivity index (χ1v) is 10.1. The second-order valence-electron chi connectivity index (χ2n) is 7.20. The van der Waals surface area contributed by atoms with Crippen LogP contribution in [0, 0.1) is 0 Å². The number of methoxy groups -OCH3 is 1. The molecule has 2 aliphatic heterocycles. The number of ether oxygens (including phenoxy) is 2. The molecule has 0 amide bonds. The van der Waals surface area contributed by atoms with Gasteiger partial charge in [-0.25, -0.2) is 0 Å². The van der Waals surface area contributed by atoms with Gasteiger partial charge in [-0.3, -0.25) is 4.79 Å². The van der Waals surface area contributed by atoms with E-state index in [9.17, 15) is 4.79 Å². The molecule has 27 heavy (non-hydrogen) atoms. The lowest BCUT2D eigenvalue weighted by Crippen LogP contribution is -2.49. The minimum atomic E-state index is -0.236. The van der Waals surface area contributed by atoms with Crippen LogP contribution in [-0.4, -0.2) is 61.5 Å². The predicted octanol–water partition coefficient (Wildman–Crippen LogP) is 2.33. The van der Waals surface area contributed by atoms with Crippen LogP contribution in [0.25, 0.3) is 0 Å². The fourth-order valence-corrected chi connectivity index (χ4v) is 4.04. The molecule has 0 aromatic heterocycles. The Balaban J connectivity index is 1.40. The standard InChI is InChI=1S/C20H29N3O3S/c1-25-19(24)14-15-2-4-16(5-3-15)21-20(27)22-17-6-10-23(11-7-17)18-8-12-26-13-9-18/h2-5,17-18H,6-14H2,1H3,(H2,21,22,27). The smallest absolute Gasteiger partial charge is 0.309 e. The lowest BCUT2D eigenvalue weighted by molar-refractivity contribution is -0.139. The van der Waals surface area contributed by atoms with E-state index >= 15 is 0 Å². The van der Waals surface area contributed by atoms with Crippen LogP contribution in [0.5, 0.6) is 0 Å². The zero-order valence-electron chi connectivity index (χ0n) is 15.9. The van der Waals surface area contributed by atoms with Crippen LogP contribution in [0.15, 0.2) is 24.3 Å². The monoisotopic (exact) mass is 391 g/mol. The third-order valence-electron chi connectivity index (χ3n) is 5.36. The summed E-state index contributed by atoms with van der Waals surface area (Å²) in [6, 6.07) is 8.79. The van der Waals surface area contributed by atoms with Crippen LogP contribution in [0.2, 0.25) is 0 Å². The van der Waals surface area contributed by atoms with Gasteiger partial charge in [0.1, 0.15) is 0 Å². The number of thiocarbonyl (C=S) groups is 1. The molecule has 2 fully saturated rings. The number of piperidine rings is 1. The highest BCUT2D eigenvalue weighted by atomic mass is 32.1. The Morgan fingerprint density at radius 1 is 1.19 bits per heavy atom. The van der Waals surface area contributed by atoms with Crippen LogP contribution in [0.4, 0.5) is 5.69 Å². The molecule has 0 spiro atoms. The largest absolute Gasteiger partial charge is 0.469 e. The maximum atomic E-state index is 11.3. The van der Waals surface area contributed by atoms with E-state index in [-0.39, 0.29) is 12.4 Å². The lowest BCUT2D eigenvalue weighted by atomic mass is 10.00. The third kappa shape index (κ3) is 6.16. The number of likely N-dealkylation sites (tertiary alicyclic amines) is 1. The highest BCUT2D eigenvalue weighted by Crippen LogP contribution is 2.20. The number of carbonyl (C=O) groups is 1. The summed E-state index contributed by atoms with van der Waals surface area (Å²) in [5.74, 6) is -0.236. The molecule has 2 aliphatic rings. The lowest BCUT2D eigenvalue weighted by Gasteiger charge is -2.39. The van der Waals surface area contributed by atoms with Crippen LogP contribution in [0.3, 0.4) is 0 Å². The van der Waals surface area contributed by atoms with Gasteiger partial charge in [-0.1, -0.05) is 12.1 Å². The molecule has 7 heteroatoms. The number of hydrogen-bond donors (Lipinski definition) is 2. The topological polar surface area (TPSA) is 62.8 Å². The molecule has 1 aromatic carbocycles. The zero-order chi connectivity index (χ0) is 19.1. The van der Waals surface area contributed by atoms with Gasteiger partial charge in [0.05, 0.1) is 13.5 Å². The van der Waals surface area contributed by atoms with Crippen molar-refractivity contribution in [1.29, 1.82) is 0 Å². The van der Waals surface area contributed by atoms with Gasteiger partial charge in [0.15, 0.2) is 5.11 Å². The van der Waals surface area contributed by atoms with E-state index in [0.29, 0.717) is 17.2 Å². The van der Waals surface area contributed by atoms with E-state index in [2.05, 4.69) is 20.3 Å². The molecule has 2 N–H and O–H groups in total. The number of benzene rings is 1. The first-order valence-electron chi connectivity index (χ1n) is 9.69. The van der Waals surface area contributed by atoms with Crippen molar-refractivity contribution in [2.45, 2.75) is 44.2 Å². The van der Waals surface area contributed by atoms with E-state index in [1.54, 1.807) is 0 Å². The summed E-state index contributed by atoms with van der Waals surface area (Å²) in [5, 5.41) is 7.33. The molecular formula is C20H29N3O3S. The van der Waals surface area contributed by atoms with E-state index in [0.717, 1.165) is 63.2 Å². The Kier molecular flexibility index (Phi) is 7.43. The molecule has 2 heterocycles. The summed E-state index contributed by atoms with van der Waals surface area (Å²) >= 11 is 5.47. The van der Waals surface area contributed by atoms with E-state index in [1.807, 2.05) is 24.3 Å². The van der Waals surface area contributed by atoms with Crippen molar-refractivity contribution in [3.63, 3.8) is 0 Å². The Morgan fingerprint density at radius 3 is 2.48 bits per heavy atom. The van der Waals surface area contributed by atoms with Crippen molar-refractivity contribution >= 4 is 29.0 Å². The van der Waals surface area contributed by atoms with Gasteiger partial charge in [0.2, 0.25) is 0 Å². The molecule has 0 bridgehead atoms. The maximum absolute atomic E-state index is 11.3. The van der Waals surface area contributed by atoms with Crippen molar-refractivity contribution in [3.05, 3.63) is 29.8 Å². The number of anilines is 1. The van der Waals surface area contributed by atoms with Crippen LogP contribution in [0.1, 0.15) is 31.2 Å². The minimum absolute atomic E-state index is 0.236. The van der Waals surface area contributed by atoms with Crippen molar-refractivity contribution in [1.82, 2.24) is 10.2 Å². The molecule has 3 rings (SSSR count). The van der Waals surface area contributed by atoms with Crippen molar-refractivity contribution < 1.29 is 14.3 Å². The van der Waals surface area contributed by atoms with Crippen molar-refractivity contribution in [3.8, 4) is 0 Å². The summed E-state index contributed by atoms with van der Waals surface area (Å²) in [4.78, 5) is 13.9. The number of nitrogens with zero attached hydrogens (tertiary/aromatic N) is 1. The molecule has 0 atom stereocenters. The van der Waals surface area contributed by atoms with Crippen LogP contribution in [-0.2, 0) is 20.7 Å². The average molecular weight is 392 g/mol. The molecule has 0 radical (unpaired) electrons. The van der Waals surface area contributed by atoms with Gasteiger partial charge in [-0.15, -0.1) is 0 Å². The van der Waals surface area contributed by atoms with E-state index in [4.69, 9.17) is 17.0 Å². The third-order valence-corrected chi connectivity index (χ3v) is 5.58. The van der Waals surface area contributed by atoms with Gasteiger partial charge in [0, 0.05) is 44.1 Å². The van der Waals surface area contributed by atoms with Gasteiger partial charge < -0.3 is 25.0 Å². The number of nitrogens with one attached hydrogen (secondary N) is 2. The second kappa shape index (κ2) is 10.0. The normalized spacial score (nSPS) is 19.4. The highest BCUT2D eigenvalue weighted by Gasteiger charge is 2.26. The van der Waals surface area contributed by atoms with E-state index in [1.165, 1.54) is 7.11 Å². The molecular weight excluding hydrogens is 362 g/mol. The molecule has 0 aliphatic carbocycles. The summed E-state index contributed by atoms with van der Waals surface area (Å²) in [6.07, 6.45) is 4.81. The summed E-state index contributed by atoms with van der Waals surface area (Å²) in [7, 11) is 1.40. The number of esters is 1. The second-order valence-corrected chi connectivity index (χ2v) is 7.61. The van der Waals surface area contributed by atoms with Gasteiger partial charge >= 0.3 is 5.97 Å². The van der Waals surface area contributed by atoms with Gasteiger partial charge in [-0.05, 0) is 55.6 Å². The fourth-order valence-electron chi connectivity index (χ4n) is 3.76. The number of carbonyl (C=O) groups excluding carboxylic acids is 1. The van der Waals surface area contributed by atoms with Crippen LogP contribution < -0.4 is 10.6 Å². The fraction of sp³-hybridized carbons (Fsp3) is 0.600. The highest BCUT2D eigenvalue weighted by molar-refractivity contribution is 7.80. The molecule has 6 nitrogen and oxygen atoms in total. The zero-order valence-corrected chi connectivity index (χ0v) is 16.7. The number of rotatable bonds is 5. The predicted molar refractivity (Wildman–Crippen MR) is 110 cm³/mol. The Morgan fingerprint density at radius 2 is 1.85 bits per heavy atom. The first-order chi connectivity index (χ1) is 13.1. The Bertz CT molecular complexity index is 624. The SMILES string of the molecule is COC(=O)Cc1ccc(NC(=S)NC2CCN(C3CCOCC3)CC2)cc1. The minimum Gasteiger partial charge on any atom is -0.469 e. The molecule has 148 valence electrons. The first kappa shape index (κ1) is 20.0. The van der Waals surface area contributed by atoms with Gasteiger partial charge in [0.25, 0.3) is 0 Å². The van der Waals surface area contributed by atoms with Crippen molar-refractivity contribution in [2.24, 2.45) is 0 Å². The maximum Gasteiger partial charge on any atom is 0.309 e. The molecule has 2 saturated heterocycles. The summed E-state index contributed by atoms with van der Waals surface area (Å²) < 4.78 is 10.2. The summed E-state index contributed by atoms with van der Waals surface area (Å²) in [6.45, 7) is 4.03. The van der Waals surface area contributed by atoms with E-state index < -0.39 is 0 Å². The van der Waals surface area contributed by atoms with Gasteiger partial charge in [-0.2, -0.15) is 0 Å². The van der Waals surface area contributed by atoms with Crippen LogP contribution >= 0.6 is 12.2 Å². The quantitative estimate of drug-likeness (QED) is 0.590. The summed E-state index contributed by atoms with van der Waals surface area (Å²) in [5.41, 5.74) is 1.84. The van der Waals surface area contributed by atoms with Crippen molar-refractivity contribution in [2.75, 3.05) is 38.7 Å². The Labute approximate surface area is 166 Å². The number of hydrogen-bond acceptors (Lipinski definition) is 5. The molecule has 1 aromatic rings. The molecule has 0 unspecified atom stereocenters. The Hall–Kier alpha value is -1.70.